The van der Waals surface area contributed by atoms with E-state index in [0.29, 0.717) is 6.61 Å². The van der Waals surface area contributed by atoms with Crippen LogP contribution in [0.4, 0.5) is 0 Å². The van der Waals surface area contributed by atoms with E-state index in [1.807, 2.05) is 19.1 Å². The standard InChI is InChI=1S/C10H13NO2S/c1-3-13-10(12)9(11)6-8-5-4-7(2)14-8/h4-6H,3,11H2,1-2H3/b9-6-. The molecule has 0 unspecified atom stereocenters. The third-order valence-electron chi connectivity index (χ3n) is 1.57. The van der Waals surface area contributed by atoms with Crippen LogP contribution in [0.1, 0.15) is 16.7 Å². The molecule has 1 aromatic heterocycles. The third-order valence-corrected chi connectivity index (χ3v) is 2.52. The Bertz CT molecular complexity index is 355. The van der Waals surface area contributed by atoms with Gasteiger partial charge in [0, 0.05) is 9.75 Å². The van der Waals surface area contributed by atoms with Crippen molar-refractivity contribution in [1.29, 1.82) is 0 Å². The molecule has 4 heteroatoms. The van der Waals surface area contributed by atoms with Crippen molar-refractivity contribution in [2.45, 2.75) is 13.8 Å². The first-order valence-corrected chi connectivity index (χ1v) is 5.16. The van der Waals surface area contributed by atoms with Gasteiger partial charge >= 0.3 is 5.97 Å². The van der Waals surface area contributed by atoms with Crippen LogP contribution in [0.15, 0.2) is 17.8 Å². The minimum absolute atomic E-state index is 0.147. The van der Waals surface area contributed by atoms with Crippen molar-refractivity contribution in [3.05, 3.63) is 27.6 Å². The number of ether oxygens (including phenoxy) is 1. The Labute approximate surface area is 87.2 Å². The Kier molecular flexibility index (Phi) is 3.71. The quantitative estimate of drug-likeness (QED) is 0.614. The van der Waals surface area contributed by atoms with Crippen molar-refractivity contribution >= 4 is 23.4 Å². The fourth-order valence-corrected chi connectivity index (χ4v) is 1.79. The first-order valence-electron chi connectivity index (χ1n) is 4.34. The lowest BCUT2D eigenvalue weighted by atomic mass is 10.3. The van der Waals surface area contributed by atoms with Crippen molar-refractivity contribution in [3.8, 4) is 0 Å². The molecule has 0 saturated carbocycles. The normalized spacial score (nSPS) is 11.4. The van der Waals surface area contributed by atoms with Crippen LogP contribution in [-0.4, -0.2) is 12.6 Å². The zero-order chi connectivity index (χ0) is 10.6. The third kappa shape index (κ3) is 2.88. The van der Waals surface area contributed by atoms with Crippen molar-refractivity contribution in [2.75, 3.05) is 6.61 Å². The summed E-state index contributed by atoms with van der Waals surface area (Å²) in [4.78, 5) is 13.3. The number of nitrogens with two attached hydrogens (primary N) is 1. The van der Waals surface area contributed by atoms with Crippen LogP contribution < -0.4 is 5.73 Å². The maximum absolute atomic E-state index is 11.1. The summed E-state index contributed by atoms with van der Waals surface area (Å²) in [5, 5.41) is 0. The van der Waals surface area contributed by atoms with Gasteiger partial charge in [-0.05, 0) is 32.1 Å². The first-order chi connectivity index (χ1) is 6.63. The Morgan fingerprint density at radius 2 is 2.36 bits per heavy atom. The van der Waals surface area contributed by atoms with E-state index in [1.165, 1.54) is 4.88 Å². The van der Waals surface area contributed by atoms with E-state index in [-0.39, 0.29) is 5.70 Å². The van der Waals surface area contributed by atoms with Crippen molar-refractivity contribution in [2.24, 2.45) is 5.73 Å². The molecular formula is C10H13NO2S. The highest BCUT2D eigenvalue weighted by atomic mass is 32.1. The number of hydrogen-bond donors (Lipinski definition) is 1. The number of rotatable bonds is 3. The summed E-state index contributed by atoms with van der Waals surface area (Å²) in [7, 11) is 0. The van der Waals surface area contributed by atoms with E-state index in [1.54, 1.807) is 24.3 Å². The molecule has 0 radical (unpaired) electrons. The number of thiophene rings is 1. The molecule has 0 aliphatic carbocycles. The van der Waals surface area contributed by atoms with Gasteiger partial charge in [-0.2, -0.15) is 0 Å². The molecule has 0 fully saturated rings. The van der Waals surface area contributed by atoms with Gasteiger partial charge in [-0.1, -0.05) is 0 Å². The van der Waals surface area contributed by atoms with Crippen LogP contribution in [0.2, 0.25) is 0 Å². The predicted octanol–water partition coefficient (Wildman–Crippen LogP) is 1.92. The van der Waals surface area contributed by atoms with Gasteiger partial charge in [0.2, 0.25) is 0 Å². The summed E-state index contributed by atoms with van der Waals surface area (Å²) in [5.74, 6) is -0.460. The molecule has 14 heavy (non-hydrogen) atoms. The molecule has 0 aromatic carbocycles. The zero-order valence-electron chi connectivity index (χ0n) is 8.24. The van der Waals surface area contributed by atoms with Crippen LogP contribution in [0, 0.1) is 6.92 Å². The Morgan fingerprint density at radius 1 is 1.64 bits per heavy atom. The lowest BCUT2D eigenvalue weighted by molar-refractivity contribution is -0.138. The van der Waals surface area contributed by atoms with Gasteiger partial charge in [-0.15, -0.1) is 11.3 Å². The molecular weight excluding hydrogens is 198 g/mol. The first kappa shape index (κ1) is 10.8. The molecule has 1 aromatic rings. The van der Waals surface area contributed by atoms with E-state index in [4.69, 9.17) is 10.5 Å². The molecule has 0 aliphatic heterocycles. The molecule has 1 rings (SSSR count). The molecule has 1 heterocycles. The second-order valence-electron chi connectivity index (χ2n) is 2.77. The molecule has 3 nitrogen and oxygen atoms in total. The van der Waals surface area contributed by atoms with E-state index < -0.39 is 5.97 Å². The summed E-state index contributed by atoms with van der Waals surface area (Å²) in [6.45, 7) is 4.10. The average molecular weight is 211 g/mol. The molecule has 0 aliphatic rings. The van der Waals surface area contributed by atoms with Crippen LogP contribution in [-0.2, 0) is 9.53 Å². The molecule has 0 saturated heterocycles. The second-order valence-corrected chi connectivity index (χ2v) is 4.09. The minimum atomic E-state index is -0.460. The molecule has 0 atom stereocenters. The van der Waals surface area contributed by atoms with Gasteiger partial charge in [-0.3, -0.25) is 0 Å². The van der Waals surface area contributed by atoms with Crippen LogP contribution in [0.25, 0.3) is 6.08 Å². The smallest absolute Gasteiger partial charge is 0.354 e. The van der Waals surface area contributed by atoms with Gasteiger partial charge in [-0.25, -0.2) is 4.79 Å². The number of aryl methyl sites for hydroxylation is 1. The summed E-state index contributed by atoms with van der Waals surface area (Å²) in [5.41, 5.74) is 5.68. The molecule has 2 N–H and O–H groups in total. The lowest BCUT2D eigenvalue weighted by Gasteiger charge is -1.99. The Balaban J connectivity index is 2.73. The van der Waals surface area contributed by atoms with Crippen molar-refractivity contribution in [3.63, 3.8) is 0 Å². The second kappa shape index (κ2) is 4.81. The number of carbonyl (C=O) groups excluding carboxylic acids is 1. The summed E-state index contributed by atoms with van der Waals surface area (Å²) >= 11 is 1.59. The van der Waals surface area contributed by atoms with Gasteiger partial charge in [0.25, 0.3) is 0 Å². The van der Waals surface area contributed by atoms with E-state index in [2.05, 4.69) is 0 Å². The number of esters is 1. The van der Waals surface area contributed by atoms with Crippen LogP contribution >= 0.6 is 11.3 Å². The maximum atomic E-state index is 11.1. The molecule has 0 bridgehead atoms. The summed E-state index contributed by atoms with van der Waals surface area (Å²) < 4.78 is 4.76. The van der Waals surface area contributed by atoms with E-state index in [9.17, 15) is 4.79 Å². The monoisotopic (exact) mass is 211 g/mol. The molecule has 76 valence electrons. The summed E-state index contributed by atoms with van der Waals surface area (Å²) in [6, 6.07) is 3.90. The molecule has 0 amide bonds. The predicted molar refractivity (Wildman–Crippen MR) is 57.9 cm³/mol. The number of carbonyl (C=O) groups is 1. The van der Waals surface area contributed by atoms with Gasteiger partial charge in [0.15, 0.2) is 0 Å². The fourth-order valence-electron chi connectivity index (χ4n) is 0.958. The maximum Gasteiger partial charge on any atom is 0.354 e. The summed E-state index contributed by atoms with van der Waals surface area (Å²) in [6.07, 6.45) is 1.63. The van der Waals surface area contributed by atoms with E-state index >= 15 is 0 Å². The topological polar surface area (TPSA) is 52.3 Å². The highest BCUT2D eigenvalue weighted by Crippen LogP contribution is 2.17. The van der Waals surface area contributed by atoms with Crippen molar-refractivity contribution < 1.29 is 9.53 Å². The Morgan fingerprint density at radius 3 is 2.86 bits per heavy atom. The minimum Gasteiger partial charge on any atom is -0.461 e. The average Bonchev–Trinajstić information content (AvgIpc) is 2.51. The van der Waals surface area contributed by atoms with Crippen LogP contribution in [0.5, 0.6) is 0 Å². The fraction of sp³-hybridized carbons (Fsp3) is 0.300. The van der Waals surface area contributed by atoms with Gasteiger partial charge < -0.3 is 10.5 Å². The largest absolute Gasteiger partial charge is 0.461 e. The van der Waals surface area contributed by atoms with Crippen LogP contribution in [0.3, 0.4) is 0 Å². The van der Waals surface area contributed by atoms with Gasteiger partial charge in [0.05, 0.1) is 6.61 Å². The number of hydrogen-bond acceptors (Lipinski definition) is 4. The zero-order valence-corrected chi connectivity index (χ0v) is 9.06. The molecule has 0 spiro atoms. The highest BCUT2D eigenvalue weighted by Gasteiger charge is 2.05. The Hall–Kier alpha value is -1.29. The van der Waals surface area contributed by atoms with E-state index in [0.717, 1.165) is 4.88 Å². The highest BCUT2D eigenvalue weighted by molar-refractivity contribution is 7.12. The van der Waals surface area contributed by atoms with Crippen molar-refractivity contribution in [1.82, 2.24) is 0 Å². The van der Waals surface area contributed by atoms with Gasteiger partial charge in [0.1, 0.15) is 5.70 Å². The SMILES string of the molecule is CCOC(=O)/C(N)=C/c1ccc(C)s1. The lowest BCUT2D eigenvalue weighted by Crippen LogP contribution is -2.14.